The molecule has 1 aromatic heterocycles. The number of carbonyl (C=O) groups excluding carboxylic acids is 3. The number of rotatable bonds is 5. The smallest absolute Gasteiger partial charge is 0.408 e. The van der Waals surface area contributed by atoms with Gasteiger partial charge in [-0.05, 0) is 46.8 Å². The molecule has 0 saturated carbocycles. The number of hydrogen-bond donors (Lipinski definition) is 1. The molecule has 0 saturated heterocycles. The lowest BCUT2D eigenvalue weighted by Gasteiger charge is -2.28. The molecule has 0 spiro atoms. The van der Waals surface area contributed by atoms with Crippen molar-refractivity contribution in [3.63, 3.8) is 0 Å². The van der Waals surface area contributed by atoms with Gasteiger partial charge in [0.1, 0.15) is 12.1 Å². The Morgan fingerprint density at radius 3 is 2.47 bits per heavy atom. The third-order valence-electron chi connectivity index (χ3n) is 4.94. The first-order valence-electron chi connectivity index (χ1n) is 10.7. The molecule has 9 nitrogen and oxygen atoms in total. The molecule has 32 heavy (non-hydrogen) atoms. The fourth-order valence-electron chi connectivity index (χ4n) is 3.47. The van der Waals surface area contributed by atoms with Gasteiger partial charge in [0.2, 0.25) is 5.91 Å². The van der Waals surface area contributed by atoms with Crippen LogP contribution in [0.1, 0.15) is 55.0 Å². The number of aryl methyl sites for hydroxylation is 1. The van der Waals surface area contributed by atoms with Crippen molar-refractivity contribution in [2.24, 2.45) is 0 Å². The summed E-state index contributed by atoms with van der Waals surface area (Å²) in [5.74, 6) is -0.782. The van der Waals surface area contributed by atoms with Gasteiger partial charge >= 0.3 is 12.1 Å². The summed E-state index contributed by atoms with van der Waals surface area (Å²) in [6.45, 7) is 9.70. The van der Waals surface area contributed by atoms with E-state index in [1.165, 1.54) is 0 Å². The predicted molar refractivity (Wildman–Crippen MR) is 118 cm³/mol. The van der Waals surface area contributed by atoms with Gasteiger partial charge in [0, 0.05) is 25.1 Å². The number of esters is 1. The number of ether oxygens (including phenoxy) is 2. The Labute approximate surface area is 187 Å². The van der Waals surface area contributed by atoms with E-state index in [1.54, 1.807) is 37.3 Å². The molecule has 9 heteroatoms. The number of amides is 2. The van der Waals surface area contributed by atoms with Crippen LogP contribution in [0.5, 0.6) is 0 Å². The Bertz CT molecular complexity index is 1000. The fraction of sp³-hybridized carbons (Fsp3) is 0.478. The van der Waals surface area contributed by atoms with Crippen molar-refractivity contribution in [3.8, 4) is 5.69 Å². The Morgan fingerprint density at radius 1 is 1.16 bits per heavy atom. The summed E-state index contributed by atoms with van der Waals surface area (Å²) in [5.41, 5.74) is 3.07. The lowest BCUT2D eigenvalue weighted by molar-refractivity contribution is -0.131. The predicted octanol–water partition coefficient (Wildman–Crippen LogP) is 2.77. The van der Waals surface area contributed by atoms with E-state index >= 15 is 0 Å². The van der Waals surface area contributed by atoms with Gasteiger partial charge in [-0.25, -0.2) is 14.3 Å². The maximum absolute atomic E-state index is 12.7. The van der Waals surface area contributed by atoms with Crippen molar-refractivity contribution in [2.75, 3.05) is 19.7 Å². The lowest BCUT2D eigenvalue weighted by atomic mass is 10.0. The monoisotopic (exact) mass is 442 g/mol. The van der Waals surface area contributed by atoms with Gasteiger partial charge in [0.05, 0.1) is 18.0 Å². The van der Waals surface area contributed by atoms with Crippen LogP contribution in [0.4, 0.5) is 4.79 Å². The second-order valence-electron chi connectivity index (χ2n) is 8.66. The van der Waals surface area contributed by atoms with Crippen LogP contribution in [-0.2, 0) is 27.2 Å². The van der Waals surface area contributed by atoms with Crippen LogP contribution in [0.2, 0.25) is 0 Å². The minimum atomic E-state index is -0.650. The number of carbonyl (C=O) groups is 3. The Morgan fingerprint density at radius 2 is 1.84 bits per heavy atom. The second kappa shape index (κ2) is 9.42. The van der Waals surface area contributed by atoms with E-state index in [0.29, 0.717) is 18.5 Å². The molecular weight excluding hydrogens is 412 g/mol. The normalized spacial score (nSPS) is 13.3. The molecular formula is C23H30N4O5. The van der Waals surface area contributed by atoms with Gasteiger partial charge in [-0.3, -0.25) is 4.79 Å². The van der Waals surface area contributed by atoms with Gasteiger partial charge in [0.25, 0.3) is 0 Å². The van der Waals surface area contributed by atoms with Crippen LogP contribution in [0.15, 0.2) is 24.3 Å². The highest BCUT2D eigenvalue weighted by Crippen LogP contribution is 2.26. The molecule has 1 aromatic carbocycles. The zero-order chi connectivity index (χ0) is 23.5. The number of hydrogen-bond acceptors (Lipinski definition) is 6. The standard InChI is InChI=1S/C23H30N4O5/c1-6-31-21(29)20-17-14-26(19(28)13-24-22(30)32-23(3,4)5)12-11-18(17)27(25-20)16-9-7-15(2)8-10-16/h7-10H,6,11-14H2,1-5H3,(H,24,30). The quantitative estimate of drug-likeness (QED) is 0.715. The van der Waals surface area contributed by atoms with Gasteiger partial charge in [-0.1, -0.05) is 17.7 Å². The molecule has 172 valence electrons. The molecule has 0 bridgehead atoms. The van der Waals surface area contributed by atoms with Gasteiger partial charge in [-0.15, -0.1) is 0 Å². The van der Waals surface area contributed by atoms with Crippen LogP contribution in [0.25, 0.3) is 5.69 Å². The van der Waals surface area contributed by atoms with Crippen molar-refractivity contribution in [1.82, 2.24) is 20.0 Å². The van der Waals surface area contributed by atoms with Crippen LogP contribution in [-0.4, -0.2) is 57.9 Å². The summed E-state index contributed by atoms with van der Waals surface area (Å²) >= 11 is 0. The average Bonchev–Trinajstić information content (AvgIpc) is 3.10. The van der Waals surface area contributed by atoms with E-state index in [9.17, 15) is 14.4 Å². The summed E-state index contributed by atoms with van der Waals surface area (Å²) in [7, 11) is 0. The van der Waals surface area contributed by atoms with Crippen molar-refractivity contribution < 1.29 is 23.9 Å². The third-order valence-corrected chi connectivity index (χ3v) is 4.94. The highest BCUT2D eigenvalue weighted by Gasteiger charge is 2.31. The number of benzene rings is 1. The van der Waals surface area contributed by atoms with Crippen LogP contribution in [0, 0.1) is 6.92 Å². The zero-order valence-corrected chi connectivity index (χ0v) is 19.2. The first-order valence-corrected chi connectivity index (χ1v) is 10.7. The lowest BCUT2D eigenvalue weighted by Crippen LogP contribution is -2.44. The fourth-order valence-corrected chi connectivity index (χ4v) is 3.47. The molecule has 3 rings (SSSR count). The van der Waals surface area contributed by atoms with Crippen molar-refractivity contribution in [3.05, 3.63) is 46.8 Å². The molecule has 0 atom stereocenters. The van der Waals surface area contributed by atoms with Crippen LogP contribution < -0.4 is 5.32 Å². The molecule has 2 heterocycles. The minimum Gasteiger partial charge on any atom is -0.461 e. The topological polar surface area (TPSA) is 103 Å². The number of nitrogens with zero attached hydrogens (tertiary/aromatic N) is 3. The third kappa shape index (κ3) is 5.46. The van der Waals surface area contributed by atoms with E-state index < -0.39 is 17.7 Å². The van der Waals surface area contributed by atoms with E-state index in [-0.39, 0.29) is 31.3 Å². The summed E-state index contributed by atoms with van der Waals surface area (Å²) in [6.07, 6.45) is -0.128. The molecule has 0 radical (unpaired) electrons. The van der Waals surface area contributed by atoms with Gasteiger partial charge in [0.15, 0.2) is 5.69 Å². The summed E-state index contributed by atoms with van der Waals surface area (Å²) < 4.78 is 12.1. The average molecular weight is 443 g/mol. The SMILES string of the molecule is CCOC(=O)c1nn(-c2ccc(C)cc2)c2c1CN(C(=O)CNC(=O)OC(C)(C)C)CC2. The van der Waals surface area contributed by atoms with Crippen LogP contribution in [0.3, 0.4) is 0 Å². The van der Waals surface area contributed by atoms with Crippen molar-refractivity contribution in [1.29, 1.82) is 0 Å². The number of aromatic nitrogens is 2. The molecule has 1 aliphatic rings. The van der Waals surface area contributed by atoms with Crippen molar-refractivity contribution in [2.45, 2.75) is 53.2 Å². The zero-order valence-electron chi connectivity index (χ0n) is 19.2. The van der Waals surface area contributed by atoms with Crippen LogP contribution >= 0.6 is 0 Å². The molecule has 1 N–H and O–H groups in total. The van der Waals surface area contributed by atoms with Crippen molar-refractivity contribution >= 4 is 18.0 Å². The number of alkyl carbamates (subject to hydrolysis) is 1. The second-order valence-corrected chi connectivity index (χ2v) is 8.66. The minimum absolute atomic E-state index is 0.189. The van der Waals surface area contributed by atoms with Gasteiger partial charge in [-0.2, -0.15) is 5.10 Å². The first-order chi connectivity index (χ1) is 15.1. The summed E-state index contributed by atoms with van der Waals surface area (Å²) in [4.78, 5) is 38.7. The number of fused-ring (bicyclic) bond motifs is 1. The highest BCUT2D eigenvalue weighted by molar-refractivity contribution is 5.90. The largest absolute Gasteiger partial charge is 0.461 e. The first kappa shape index (κ1) is 23.3. The maximum Gasteiger partial charge on any atom is 0.408 e. The molecule has 0 unspecified atom stereocenters. The Hall–Kier alpha value is -3.36. The Kier molecular flexibility index (Phi) is 6.86. The molecule has 1 aliphatic heterocycles. The molecule has 2 aromatic rings. The molecule has 2 amide bonds. The van der Waals surface area contributed by atoms with E-state index in [0.717, 1.165) is 16.9 Å². The van der Waals surface area contributed by atoms with Gasteiger partial charge < -0.3 is 19.7 Å². The highest BCUT2D eigenvalue weighted by atomic mass is 16.6. The molecule has 0 aliphatic carbocycles. The number of nitrogens with one attached hydrogen (secondary N) is 1. The van der Waals surface area contributed by atoms with E-state index in [1.807, 2.05) is 31.2 Å². The summed E-state index contributed by atoms with van der Waals surface area (Å²) in [5, 5.41) is 7.02. The van der Waals surface area contributed by atoms with E-state index in [2.05, 4.69) is 10.4 Å². The summed E-state index contributed by atoms with van der Waals surface area (Å²) in [6, 6.07) is 7.85. The molecule has 0 fully saturated rings. The Balaban J connectivity index is 1.80. The maximum atomic E-state index is 12.7. The van der Waals surface area contributed by atoms with E-state index in [4.69, 9.17) is 9.47 Å².